The first-order chi connectivity index (χ1) is 8.68. The lowest BCUT2D eigenvalue weighted by atomic mass is 10.0. The molecule has 1 aliphatic heterocycles. The Morgan fingerprint density at radius 2 is 2.11 bits per heavy atom. The van der Waals surface area contributed by atoms with E-state index in [2.05, 4.69) is 12.1 Å². The standard InChI is InChI=1S/C15H21NO2/c1-12(2)15(17)16-8-9-18-11-14(16)10-13-6-4-3-5-7-13/h3-7,12,14H,8-11H2,1-2H3. The van der Waals surface area contributed by atoms with Gasteiger partial charge >= 0.3 is 0 Å². The van der Waals surface area contributed by atoms with Crippen LogP contribution in [-0.4, -0.2) is 36.6 Å². The summed E-state index contributed by atoms with van der Waals surface area (Å²) < 4.78 is 5.52. The van der Waals surface area contributed by atoms with Gasteiger partial charge in [-0.1, -0.05) is 44.2 Å². The van der Waals surface area contributed by atoms with Crippen LogP contribution >= 0.6 is 0 Å². The quantitative estimate of drug-likeness (QED) is 0.818. The van der Waals surface area contributed by atoms with Crippen molar-refractivity contribution in [2.45, 2.75) is 26.3 Å². The summed E-state index contributed by atoms with van der Waals surface area (Å²) in [5.74, 6) is 0.292. The molecule has 1 aromatic carbocycles. The Bertz CT molecular complexity index is 389. The lowest BCUT2D eigenvalue weighted by molar-refractivity contribution is -0.143. The van der Waals surface area contributed by atoms with Gasteiger partial charge in [0.25, 0.3) is 0 Å². The topological polar surface area (TPSA) is 29.5 Å². The molecule has 0 radical (unpaired) electrons. The van der Waals surface area contributed by atoms with E-state index >= 15 is 0 Å². The van der Waals surface area contributed by atoms with Crippen LogP contribution in [0.4, 0.5) is 0 Å². The third kappa shape index (κ3) is 3.10. The van der Waals surface area contributed by atoms with Crippen LogP contribution in [0, 0.1) is 5.92 Å². The van der Waals surface area contributed by atoms with E-state index in [1.807, 2.05) is 36.9 Å². The lowest BCUT2D eigenvalue weighted by Gasteiger charge is -2.36. The van der Waals surface area contributed by atoms with Gasteiger partial charge in [-0.25, -0.2) is 0 Å². The van der Waals surface area contributed by atoms with Gasteiger partial charge in [-0.3, -0.25) is 4.79 Å². The Labute approximate surface area is 109 Å². The van der Waals surface area contributed by atoms with Crippen LogP contribution in [0.1, 0.15) is 19.4 Å². The second-order valence-corrected chi connectivity index (χ2v) is 5.10. The average Bonchev–Trinajstić information content (AvgIpc) is 2.39. The molecule has 0 bridgehead atoms. The van der Waals surface area contributed by atoms with E-state index in [1.54, 1.807) is 0 Å². The molecule has 0 aromatic heterocycles. The number of morpholine rings is 1. The van der Waals surface area contributed by atoms with E-state index in [0.29, 0.717) is 19.8 Å². The fourth-order valence-electron chi connectivity index (χ4n) is 2.33. The van der Waals surface area contributed by atoms with Gasteiger partial charge in [0, 0.05) is 12.5 Å². The number of carbonyl (C=O) groups is 1. The summed E-state index contributed by atoms with van der Waals surface area (Å²) in [6.07, 6.45) is 0.874. The molecular weight excluding hydrogens is 226 g/mol. The van der Waals surface area contributed by atoms with Gasteiger partial charge in [0.15, 0.2) is 0 Å². The minimum atomic E-state index is 0.0568. The van der Waals surface area contributed by atoms with Crippen molar-refractivity contribution >= 4 is 5.91 Å². The van der Waals surface area contributed by atoms with Crippen molar-refractivity contribution in [2.75, 3.05) is 19.8 Å². The van der Waals surface area contributed by atoms with Gasteiger partial charge in [-0.15, -0.1) is 0 Å². The van der Waals surface area contributed by atoms with E-state index in [0.717, 1.165) is 6.42 Å². The summed E-state index contributed by atoms with van der Waals surface area (Å²) >= 11 is 0. The van der Waals surface area contributed by atoms with Crippen LogP contribution in [0.3, 0.4) is 0 Å². The van der Waals surface area contributed by atoms with Crippen molar-refractivity contribution in [3.8, 4) is 0 Å². The first-order valence-electron chi connectivity index (χ1n) is 6.60. The maximum Gasteiger partial charge on any atom is 0.225 e. The lowest BCUT2D eigenvalue weighted by Crippen LogP contribution is -2.51. The molecule has 98 valence electrons. The fraction of sp³-hybridized carbons (Fsp3) is 0.533. The van der Waals surface area contributed by atoms with Crippen molar-refractivity contribution in [1.29, 1.82) is 0 Å². The van der Waals surface area contributed by atoms with Crippen molar-refractivity contribution in [3.05, 3.63) is 35.9 Å². The van der Waals surface area contributed by atoms with Crippen LogP contribution in [0.25, 0.3) is 0 Å². The zero-order chi connectivity index (χ0) is 13.0. The molecule has 0 aliphatic carbocycles. The predicted molar refractivity (Wildman–Crippen MR) is 71.3 cm³/mol. The van der Waals surface area contributed by atoms with Crippen LogP contribution in [-0.2, 0) is 16.0 Å². The SMILES string of the molecule is CC(C)C(=O)N1CCOCC1Cc1ccccc1. The highest BCUT2D eigenvalue weighted by molar-refractivity contribution is 5.78. The highest BCUT2D eigenvalue weighted by Crippen LogP contribution is 2.15. The van der Waals surface area contributed by atoms with Crippen molar-refractivity contribution in [3.63, 3.8) is 0 Å². The van der Waals surface area contributed by atoms with Crippen molar-refractivity contribution < 1.29 is 9.53 Å². The number of benzene rings is 1. The normalized spacial score (nSPS) is 20.2. The molecule has 2 rings (SSSR count). The maximum absolute atomic E-state index is 12.2. The summed E-state index contributed by atoms with van der Waals surface area (Å²) in [5, 5.41) is 0. The second-order valence-electron chi connectivity index (χ2n) is 5.10. The number of hydrogen-bond donors (Lipinski definition) is 0. The monoisotopic (exact) mass is 247 g/mol. The zero-order valence-electron chi connectivity index (χ0n) is 11.1. The van der Waals surface area contributed by atoms with Crippen LogP contribution in [0.2, 0.25) is 0 Å². The van der Waals surface area contributed by atoms with E-state index < -0.39 is 0 Å². The molecule has 3 nitrogen and oxygen atoms in total. The molecule has 0 N–H and O–H groups in total. The number of hydrogen-bond acceptors (Lipinski definition) is 2. The van der Waals surface area contributed by atoms with Crippen LogP contribution in [0.5, 0.6) is 0 Å². The molecule has 1 saturated heterocycles. The molecule has 1 unspecified atom stereocenters. The average molecular weight is 247 g/mol. The number of amides is 1. The van der Waals surface area contributed by atoms with Crippen molar-refractivity contribution in [1.82, 2.24) is 4.90 Å². The molecule has 1 aromatic rings. The molecular formula is C15H21NO2. The maximum atomic E-state index is 12.2. The van der Waals surface area contributed by atoms with E-state index in [4.69, 9.17) is 4.74 Å². The summed E-state index contributed by atoms with van der Waals surface area (Å²) in [6.45, 7) is 5.93. The Kier molecular flexibility index (Phi) is 4.37. The van der Waals surface area contributed by atoms with Gasteiger partial charge in [0.05, 0.1) is 19.3 Å². The Morgan fingerprint density at radius 1 is 1.39 bits per heavy atom. The smallest absolute Gasteiger partial charge is 0.225 e. The van der Waals surface area contributed by atoms with Gasteiger partial charge in [0.1, 0.15) is 0 Å². The number of nitrogens with zero attached hydrogens (tertiary/aromatic N) is 1. The largest absolute Gasteiger partial charge is 0.377 e. The van der Waals surface area contributed by atoms with E-state index in [1.165, 1.54) is 5.56 Å². The Morgan fingerprint density at radius 3 is 2.78 bits per heavy atom. The Balaban J connectivity index is 2.06. The van der Waals surface area contributed by atoms with Gasteiger partial charge in [-0.2, -0.15) is 0 Å². The highest BCUT2D eigenvalue weighted by Gasteiger charge is 2.28. The second kappa shape index (κ2) is 6.01. The third-order valence-corrected chi connectivity index (χ3v) is 3.32. The molecule has 1 aliphatic rings. The number of rotatable bonds is 3. The van der Waals surface area contributed by atoms with Gasteiger partial charge < -0.3 is 9.64 Å². The predicted octanol–water partition coefficient (Wildman–Crippen LogP) is 2.11. The van der Waals surface area contributed by atoms with E-state index in [9.17, 15) is 4.79 Å². The first-order valence-corrected chi connectivity index (χ1v) is 6.60. The van der Waals surface area contributed by atoms with E-state index in [-0.39, 0.29) is 17.9 Å². The molecule has 18 heavy (non-hydrogen) atoms. The fourth-order valence-corrected chi connectivity index (χ4v) is 2.33. The highest BCUT2D eigenvalue weighted by atomic mass is 16.5. The Hall–Kier alpha value is -1.35. The van der Waals surface area contributed by atoms with Crippen LogP contribution < -0.4 is 0 Å². The molecule has 3 heteroatoms. The minimum Gasteiger partial charge on any atom is -0.377 e. The molecule has 1 atom stereocenters. The molecule has 1 amide bonds. The molecule has 1 heterocycles. The number of carbonyl (C=O) groups excluding carboxylic acids is 1. The summed E-state index contributed by atoms with van der Waals surface area (Å²) in [5.41, 5.74) is 1.26. The number of ether oxygens (including phenoxy) is 1. The molecule has 0 spiro atoms. The van der Waals surface area contributed by atoms with Crippen LogP contribution in [0.15, 0.2) is 30.3 Å². The molecule has 1 fully saturated rings. The summed E-state index contributed by atoms with van der Waals surface area (Å²) in [7, 11) is 0. The van der Waals surface area contributed by atoms with Crippen molar-refractivity contribution in [2.24, 2.45) is 5.92 Å². The minimum absolute atomic E-state index is 0.0568. The van der Waals surface area contributed by atoms with Gasteiger partial charge in [0.2, 0.25) is 5.91 Å². The zero-order valence-corrected chi connectivity index (χ0v) is 11.1. The summed E-state index contributed by atoms with van der Waals surface area (Å²) in [6, 6.07) is 10.5. The third-order valence-electron chi connectivity index (χ3n) is 3.32. The summed E-state index contributed by atoms with van der Waals surface area (Å²) in [4.78, 5) is 14.2. The molecule has 0 saturated carbocycles. The first kappa shape index (κ1) is 13.1. The van der Waals surface area contributed by atoms with Gasteiger partial charge in [-0.05, 0) is 12.0 Å².